The van der Waals surface area contributed by atoms with Gasteiger partial charge in [0.05, 0.1) is 39.7 Å². The van der Waals surface area contributed by atoms with Crippen LogP contribution in [0.1, 0.15) is 54.4 Å². The van der Waals surface area contributed by atoms with Crippen LogP contribution in [0.3, 0.4) is 0 Å². The Kier molecular flexibility index (Phi) is 11.7. The highest BCUT2D eigenvalue weighted by Crippen LogP contribution is 2.25. The lowest BCUT2D eigenvalue weighted by atomic mass is 10.0. The number of rotatable bonds is 10. The van der Waals surface area contributed by atoms with Crippen LogP contribution in [-0.2, 0) is 30.7 Å². The molecule has 4 aromatic carbocycles. The monoisotopic (exact) mass is 802 g/mol. The van der Waals surface area contributed by atoms with Gasteiger partial charge in [0.25, 0.3) is 0 Å². The predicted molar refractivity (Wildman–Crippen MR) is 217 cm³/mol. The number of aromatic nitrogens is 4. The molecule has 12 heteroatoms. The third kappa shape index (κ3) is 9.37. The van der Waals surface area contributed by atoms with Crippen LogP contribution in [0.2, 0.25) is 10.0 Å². The standard InChI is InChI=1S/C23H18ClFN2O2.C22H16ClFN2O2/c1-29-23(28)20-12-18(24)13-26-21(20)11-15-5-6-22-17(9-15)7-8-27(22)14-16-3-2-4-19(25)10-16;23-17-11-19(22(27)28)20(25-12-17)10-14-4-5-21-16(8-14)6-7-26(21)13-15-2-1-3-18(24)9-15/h2-10,12-13H,11,14H2,1H3;1-9,11-12H,10,13H2,(H,27,28). The second-order valence-corrected chi connectivity index (χ2v) is 14.3. The Morgan fingerprint density at radius 2 is 1.11 bits per heavy atom. The number of carbonyl (C=O) groups excluding carboxylic acids is 1. The molecule has 0 fully saturated rings. The molecule has 0 radical (unpaired) electrons. The number of esters is 1. The van der Waals surface area contributed by atoms with Gasteiger partial charge in [0.1, 0.15) is 11.6 Å². The molecule has 8 nitrogen and oxygen atoms in total. The molecule has 0 amide bonds. The van der Waals surface area contributed by atoms with Crippen LogP contribution in [0.5, 0.6) is 0 Å². The fourth-order valence-corrected chi connectivity index (χ4v) is 7.05. The van der Waals surface area contributed by atoms with Gasteiger partial charge in [-0.2, -0.15) is 0 Å². The number of ether oxygens (including phenoxy) is 1. The van der Waals surface area contributed by atoms with E-state index in [1.807, 2.05) is 67.0 Å². The van der Waals surface area contributed by atoms with Gasteiger partial charge in [0.2, 0.25) is 0 Å². The van der Waals surface area contributed by atoms with E-state index >= 15 is 0 Å². The van der Waals surface area contributed by atoms with Crippen LogP contribution < -0.4 is 0 Å². The van der Waals surface area contributed by atoms with E-state index in [0.717, 1.165) is 44.1 Å². The maximum absolute atomic E-state index is 13.5. The average Bonchev–Trinajstić information content (AvgIpc) is 3.78. The molecule has 0 saturated heterocycles. The van der Waals surface area contributed by atoms with Crippen molar-refractivity contribution in [1.82, 2.24) is 19.1 Å². The molecule has 8 aromatic rings. The summed E-state index contributed by atoms with van der Waals surface area (Å²) in [7, 11) is 1.33. The first-order chi connectivity index (χ1) is 27.5. The molecule has 0 spiro atoms. The number of pyridine rings is 2. The fraction of sp³-hybridized carbons (Fsp3) is 0.111. The summed E-state index contributed by atoms with van der Waals surface area (Å²) in [5.41, 5.74) is 7.38. The van der Waals surface area contributed by atoms with E-state index in [9.17, 15) is 23.5 Å². The predicted octanol–water partition coefficient (Wildman–Crippen LogP) is 10.4. The minimum Gasteiger partial charge on any atom is -0.478 e. The van der Waals surface area contributed by atoms with Gasteiger partial charge in [-0.3, -0.25) is 9.97 Å². The summed E-state index contributed by atoms with van der Waals surface area (Å²) in [5.74, 6) is -2.00. The summed E-state index contributed by atoms with van der Waals surface area (Å²) in [6, 6.07) is 32.2. The van der Waals surface area contributed by atoms with Crippen molar-refractivity contribution < 1.29 is 28.2 Å². The molecule has 4 aromatic heterocycles. The van der Waals surface area contributed by atoms with E-state index in [0.29, 0.717) is 52.9 Å². The van der Waals surface area contributed by atoms with Gasteiger partial charge in [-0.15, -0.1) is 0 Å². The van der Waals surface area contributed by atoms with Crippen molar-refractivity contribution in [2.45, 2.75) is 25.9 Å². The van der Waals surface area contributed by atoms with Crippen LogP contribution in [0.4, 0.5) is 8.78 Å². The number of methoxy groups -OCH3 is 1. The topological polar surface area (TPSA) is 99.2 Å². The molecule has 0 unspecified atom stereocenters. The van der Waals surface area contributed by atoms with E-state index in [4.69, 9.17) is 27.9 Å². The first-order valence-electron chi connectivity index (χ1n) is 17.8. The summed E-state index contributed by atoms with van der Waals surface area (Å²) in [5, 5.41) is 12.1. The van der Waals surface area contributed by atoms with Crippen LogP contribution >= 0.6 is 23.2 Å². The molecule has 4 heterocycles. The number of hydrogen-bond donors (Lipinski definition) is 1. The number of nitrogens with zero attached hydrogens (tertiary/aromatic N) is 4. The number of halogens is 4. The zero-order valence-electron chi connectivity index (χ0n) is 30.5. The Balaban J connectivity index is 0.000000174. The SMILES string of the molecule is COC(=O)c1cc(Cl)cnc1Cc1ccc2c(ccn2Cc2cccc(F)c2)c1.O=C(O)c1cc(Cl)cnc1Cc1ccc2c(ccn2Cc2cccc(F)c2)c1. The highest BCUT2D eigenvalue weighted by Gasteiger charge is 2.16. The van der Waals surface area contributed by atoms with Crippen molar-refractivity contribution >= 4 is 56.9 Å². The maximum Gasteiger partial charge on any atom is 0.339 e. The summed E-state index contributed by atoms with van der Waals surface area (Å²) < 4.78 is 35.8. The quantitative estimate of drug-likeness (QED) is 0.138. The van der Waals surface area contributed by atoms with Gasteiger partial charge in [-0.1, -0.05) is 59.6 Å². The Morgan fingerprint density at radius 3 is 1.56 bits per heavy atom. The lowest BCUT2D eigenvalue weighted by Crippen LogP contribution is -2.08. The zero-order valence-corrected chi connectivity index (χ0v) is 32.0. The summed E-state index contributed by atoms with van der Waals surface area (Å²) >= 11 is 11.9. The summed E-state index contributed by atoms with van der Waals surface area (Å²) in [4.78, 5) is 32.0. The van der Waals surface area contributed by atoms with Gasteiger partial charge in [0.15, 0.2) is 0 Å². The molecule has 0 aliphatic rings. The van der Waals surface area contributed by atoms with Crippen molar-refractivity contribution in [2.75, 3.05) is 7.11 Å². The third-order valence-electron chi connectivity index (χ3n) is 9.41. The minimum atomic E-state index is -1.05. The van der Waals surface area contributed by atoms with Gasteiger partial charge in [-0.25, -0.2) is 18.4 Å². The van der Waals surface area contributed by atoms with Crippen molar-refractivity contribution in [2.24, 2.45) is 0 Å². The first-order valence-corrected chi connectivity index (χ1v) is 18.5. The molecule has 0 aliphatic carbocycles. The molecule has 0 aliphatic heterocycles. The van der Waals surface area contributed by atoms with E-state index in [1.54, 1.807) is 24.3 Å². The number of carbonyl (C=O) groups is 2. The third-order valence-corrected chi connectivity index (χ3v) is 9.82. The van der Waals surface area contributed by atoms with Gasteiger partial charge >= 0.3 is 11.9 Å². The fourth-order valence-electron chi connectivity index (χ4n) is 6.73. The Bertz CT molecular complexity index is 2770. The van der Waals surface area contributed by atoms with Gasteiger partial charge in [-0.05, 0) is 106 Å². The molecule has 1 N–H and O–H groups in total. The summed E-state index contributed by atoms with van der Waals surface area (Å²) in [6.07, 6.45) is 7.80. The Morgan fingerprint density at radius 1 is 0.632 bits per heavy atom. The maximum atomic E-state index is 13.5. The number of aromatic carboxylic acids is 1. The number of benzene rings is 4. The van der Waals surface area contributed by atoms with E-state index < -0.39 is 11.9 Å². The molecule has 286 valence electrons. The number of carboxylic acids is 1. The largest absolute Gasteiger partial charge is 0.478 e. The molecule has 0 atom stereocenters. The highest BCUT2D eigenvalue weighted by atomic mass is 35.5. The number of hydrogen-bond acceptors (Lipinski definition) is 5. The van der Waals surface area contributed by atoms with Crippen LogP contribution in [0.25, 0.3) is 21.8 Å². The molecule has 8 rings (SSSR count). The van der Waals surface area contributed by atoms with Crippen molar-refractivity contribution in [1.29, 1.82) is 0 Å². The first kappa shape index (κ1) is 38.9. The average molecular weight is 804 g/mol. The lowest BCUT2D eigenvalue weighted by molar-refractivity contribution is 0.0598. The van der Waals surface area contributed by atoms with E-state index in [1.165, 1.54) is 43.8 Å². The van der Waals surface area contributed by atoms with Crippen LogP contribution in [0.15, 0.2) is 134 Å². The summed E-state index contributed by atoms with van der Waals surface area (Å²) in [6.45, 7) is 1.16. The van der Waals surface area contributed by atoms with Crippen molar-refractivity contribution in [3.05, 3.63) is 200 Å². The Hall–Kier alpha value is -6.36. The number of fused-ring (bicyclic) bond motifs is 2. The van der Waals surface area contributed by atoms with E-state index in [-0.39, 0.29) is 17.2 Å². The molecular weight excluding hydrogens is 769 g/mol. The zero-order chi connectivity index (χ0) is 40.1. The minimum absolute atomic E-state index is 0.108. The second kappa shape index (κ2) is 17.2. The number of carboxylic acid groups (broad SMARTS) is 1. The molecule has 0 saturated carbocycles. The highest BCUT2D eigenvalue weighted by molar-refractivity contribution is 6.31. The van der Waals surface area contributed by atoms with Gasteiger partial charge in [0, 0.05) is 61.8 Å². The van der Waals surface area contributed by atoms with Crippen molar-refractivity contribution in [3.8, 4) is 0 Å². The Labute approximate surface area is 336 Å². The lowest BCUT2D eigenvalue weighted by Gasteiger charge is -2.09. The normalized spacial score (nSPS) is 11.0. The smallest absolute Gasteiger partial charge is 0.339 e. The van der Waals surface area contributed by atoms with Gasteiger partial charge < -0.3 is 19.0 Å². The van der Waals surface area contributed by atoms with E-state index in [2.05, 4.69) is 25.2 Å². The molecular formula is C45H34Cl2F2N4O4. The van der Waals surface area contributed by atoms with Crippen LogP contribution in [0, 0.1) is 11.6 Å². The molecule has 57 heavy (non-hydrogen) atoms. The second-order valence-electron chi connectivity index (χ2n) is 13.4. The van der Waals surface area contributed by atoms with Crippen LogP contribution in [-0.4, -0.2) is 43.3 Å². The van der Waals surface area contributed by atoms with Crippen molar-refractivity contribution in [3.63, 3.8) is 0 Å². The molecule has 0 bridgehead atoms.